The van der Waals surface area contributed by atoms with Gasteiger partial charge in [-0.25, -0.2) is 12.8 Å². The molecule has 0 bridgehead atoms. The molecule has 1 heterocycles. The Morgan fingerprint density at radius 3 is 2.48 bits per heavy atom. The Balaban J connectivity index is 1.96. The van der Waals surface area contributed by atoms with Gasteiger partial charge >= 0.3 is 0 Å². The number of nitrogens with one attached hydrogen (secondary N) is 1. The number of anilines is 1. The summed E-state index contributed by atoms with van der Waals surface area (Å²) in [6.45, 7) is 2.48. The highest BCUT2D eigenvalue weighted by Crippen LogP contribution is 2.29. The second-order valence-corrected chi connectivity index (χ2v) is 8.18. The maximum Gasteiger partial charge on any atom is 0.270 e. The van der Waals surface area contributed by atoms with Crippen molar-refractivity contribution in [1.82, 2.24) is 4.31 Å². The standard InChI is InChI=1S/C18H19FN4O5S/c1-13(14-2-4-15(19)5-3-14)20-21-17-7-6-16(23(24)25)12-18(17)29(26,27)22-8-10-28-11-9-22/h2-7,12,21H,8-11H2,1H3. The lowest BCUT2D eigenvalue weighted by Gasteiger charge is -2.26. The van der Waals surface area contributed by atoms with Crippen LogP contribution in [0.3, 0.4) is 0 Å². The second kappa shape index (κ2) is 8.64. The molecule has 11 heteroatoms. The van der Waals surface area contributed by atoms with E-state index in [1.165, 1.54) is 40.7 Å². The summed E-state index contributed by atoms with van der Waals surface area (Å²) in [6, 6.07) is 9.16. The van der Waals surface area contributed by atoms with Gasteiger partial charge in [0.1, 0.15) is 10.7 Å². The molecule has 9 nitrogen and oxygen atoms in total. The van der Waals surface area contributed by atoms with Gasteiger partial charge in [-0.05, 0) is 30.7 Å². The first-order valence-corrected chi connectivity index (χ1v) is 10.2. The van der Waals surface area contributed by atoms with Gasteiger partial charge in [0, 0.05) is 25.2 Å². The van der Waals surface area contributed by atoms with Crippen molar-refractivity contribution in [1.29, 1.82) is 0 Å². The Hall–Kier alpha value is -2.89. The topological polar surface area (TPSA) is 114 Å². The molecule has 154 valence electrons. The van der Waals surface area contributed by atoms with Crippen molar-refractivity contribution >= 4 is 27.1 Å². The fourth-order valence-electron chi connectivity index (χ4n) is 2.76. The van der Waals surface area contributed by atoms with Gasteiger partial charge in [-0.3, -0.25) is 15.5 Å². The number of benzene rings is 2. The SMILES string of the molecule is CC(=NNc1ccc([N+](=O)[O-])cc1S(=O)(=O)N1CCOCC1)c1ccc(F)cc1. The van der Waals surface area contributed by atoms with E-state index in [0.29, 0.717) is 11.3 Å². The molecule has 29 heavy (non-hydrogen) atoms. The minimum Gasteiger partial charge on any atom is -0.379 e. The van der Waals surface area contributed by atoms with Crippen molar-refractivity contribution in [3.8, 4) is 0 Å². The van der Waals surface area contributed by atoms with Crippen LogP contribution in [-0.4, -0.2) is 49.7 Å². The molecule has 0 spiro atoms. The van der Waals surface area contributed by atoms with E-state index in [1.54, 1.807) is 6.92 Å². The summed E-state index contributed by atoms with van der Waals surface area (Å²) in [5.74, 6) is -0.385. The number of sulfonamides is 1. The molecule has 2 aromatic rings. The summed E-state index contributed by atoms with van der Waals surface area (Å²) in [5.41, 5.74) is 3.55. The number of halogens is 1. The van der Waals surface area contributed by atoms with E-state index in [2.05, 4.69) is 10.5 Å². The maximum absolute atomic E-state index is 13.1. The monoisotopic (exact) mass is 422 g/mol. The van der Waals surface area contributed by atoms with Crippen LogP contribution in [0.4, 0.5) is 15.8 Å². The van der Waals surface area contributed by atoms with Crippen LogP contribution in [0.2, 0.25) is 0 Å². The molecule has 1 aliphatic rings. The Morgan fingerprint density at radius 1 is 1.21 bits per heavy atom. The maximum atomic E-state index is 13.1. The van der Waals surface area contributed by atoms with Gasteiger partial charge in [0.05, 0.1) is 29.5 Å². The third-order valence-corrected chi connectivity index (χ3v) is 6.31. The van der Waals surface area contributed by atoms with Crippen molar-refractivity contribution in [2.45, 2.75) is 11.8 Å². The molecule has 1 fully saturated rings. The first kappa shape index (κ1) is 20.8. The molecule has 0 atom stereocenters. The minimum absolute atomic E-state index is 0.101. The molecule has 0 saturated carbocycles. The summed E-state index contributed by atoms with van der Waals surface area (Å²) >= 11 is 0. The molecule has 1 N–H and O–H groups in total. The third-order valence-electron chi connectivity index (χ3n) is 4.37. The molecule has 2 aromatic carbocycles. The molecule has 3 rings (SSSR count). The highest BCUT2D eigenvalue weighted by molar-refractivity contribution is 7.89. The van der Waals surface area contributed by atoms with Gasteiger partial charge in [-0.2, -0.15) is 9.41 Å². The molecule has 0 radical (unpaired) electrons. The van der Waals surface area contributed by atoms with E-state index in [4.69, 9.17) is 4.74 Å². The van der Waals surface area contributed by atoms with Crippen LogP contribution in [0, 0.1) is 15.9 Å². The van der Waals surface area contributed by atoms with E-state index in [1.807, 2.05) is 0 Å². The highest BCUT2D eigenvalue weighted by atomic mass is 32.2. The number of nitro groups is 1. The Labute approximate surface area is 167 Å². The smallest absolute Gasteiger partial charge is 0.270 e. The predicted molar refractivity (Wildman–Crippen MR) is 105 cm³/mol. The Bertz CT molecular complexity index is 1030. The lowest BCUT2D eigenvalue weighted by atomic mass is 10.1. The number of nitrogens with zero attached hydrogens (tertiary/aromatic N) is 3. The van der Waals surface area contributed by atoms with Gasteiger partial charge < -0.3 is 4.74 Å². The van der Waals surface area contributed by atoms with Crippen LogP contribution in [0.1, 0.15) is 12.5 Å². The van der Waals surface area contributed by atoms with E-state index >= 15 is 0 Å². The summed E-state index contributed by atoms with van der Waals surface area (Å²) in [5, 5.41) is 15.3. The largest absolute Gasteiger partial charge is 0.379 e. The number of hydrogen-bond acceptors (Lipinski definition) is 7. The van der Waals surface area contributed by atoms with Crippen LogP contribution in [-0.2, 0) is 14.8 Å². The van der Waals surface area contributed by atoms with Gasteiger partial charge in [0.2, 0.25) is 10.0 Å². The number of hydrazone groups is 1. The second-order valence-electron chi connectivity index (χ2n) is 6.27. The summed E-state index contributed by atoms with van der Waals surface area (Å²) in [6.07, 6.45) is 0. The van der Waals surface area contributed by atoms with E-state index in [0.717, 1.165) is 6.07 Å². The average molecular weight is 422 g/mol. The lowest BCUT2D eigenvalue weighted by Crippen LogP contribution is -2.40. The Morgan fingerprint density at radius 2 is 1.86 bits per heavy atom. The summed E-state index contributed by atoms with van der Waals surface area (Å²) in [7, 11) is -4.00. The fourth-order valence-corrected chi connectivity index (χ4v) is 4.33. The van der Waals surface area contributed by atoms with Crippen molar-refractivity contribution in [3.05, 3.63) is 64.0 Å². The van der Waals surface area contributed by atoms with Gasteiger partial charge in [-0.15, -0.1) is 0 Å². The number of ether oxygens (including phenoxy) is 1. The normalized spacial score (nSPS) is 15.9. The van der Waals surface area contributed by atoms with E-state index in [9.17, 15) is 22.9 Å². The molecule has 1 saturated heterocycles. The molecular weight excluding hydrogens is 403 g/mol. The molecule has 0 aromatic heterocycles. The van der Waals surface area contributed by atoms with Crippen LogP contribution >= 0.6 is 0 Å². The predicted octanol–water partition coefficient (Wildman–Crippen LogP) is 2.59. The van der Waals surface area contributed by atoms with Crippen molar-refractivity contribution in [2.24, 2.45) is 5.10 Å². The van der Waals surface area contributed by atoms with Gasteiger partial charge in [0.25, 0.3) is 5.69 Å². The lowest BCUT2D eigenvalue weighted by molar-refractivity contribution is -0.385. The molecular formula is C18H19FN4O5S. The van der Waals surface area contributed by atoms with E-state index in [-0.39, 0.29) is 48.4 Å². The van der Waals surface area contributed by atoms with Gasteiger partial charge in [0.15, 0.2) is 0 Å². The Kier molecular flexibility index (Phi) is 6.20. The van der Waals surface area contributed by atoms with E-state index < -0.39 is 14.9 Å². The fraction of sp³-hybridized carbons (Fsp3) is 0.278. The zero-order chi connectivity index (χ0) is 21.0. The molecule has 0 amide bonds. The molecule has 0 aliphatic carbocycles. The van der Waals surface area contributed by atoms with Crippen molar-refractivity contribution in [3.63, 3.8) is 0 Å². The van der Waals surface area contributed by atoms with Gasteiger partial charge in [-0.1, -0.05) is 12.1 Å². The number of rotatable bonds is 6. The summed E-state index contributed by atoms with van der Waals surface area (Å²) < 4.78 is 45.6. The molecule has 0 unspecified atom stereocenters. The highest BCUT2D eigenvalue weighted by Gasteiger charge is 2.30. The summed E-state index contributed by atoms with van der Waals surface area (Å²) in [4.78, 5) is 10.2. The number of nitro benzene ring substituents is 1. The minimum atomic E-state index is -4.00. The van der Waals surface area contributed by atoms with Crippen LogP contribution in [0.5, 0.6) is 0 Å². The van der Waals surface area contributed by atoms with Crippen LogP contribution in [0.15, 0.2) is 52.5 Å². The first-order valence-electron chi connectivity index (χ1n) is 8.71. The van der Waals surface area contributed by atoms with Crippen molar-refractivity contribution in [2.75, 3.05) is 31.7 Å². The zero-order valence-electron chi connectivity index (χ0n) is 15.5. The quantitative estimate of drug-likeness (QED) is 0.435. The third kappa shape index (κ3) is 4.75. The average Bonchev–Trinajstić information content (AvgIpc) is 2.73. The van der Waals surface area contributed by atoms with Crippen LogP contribution in [0.25, 0.3) is 0 Å². The zero-order valence-corrected chi connectivity index (χ0v) is 16.4. The number of hydrogen-bond donors (Lipinski definition) is 1. The van der Waals surface area contributed by atoms with Crippen LogP contribution < -0.4 is 5.43 Å². The van der Waals surface area contributed by atoms with Crippen molar-refractivity contribution < 1.29 is 22.5 Å². The molecule has 1 aliphatic heterocycles. The number of morpholine rings is 1. The first-order chi connectivity index (χ1) is 13.8. The number of non-ortho nitro benzene ring substituents is 1.